The summed E-state index contributed by atoms with van der Waals surface area (Å²) in [6, 6.07) is 20.1. The Balaban J connectivity index is 0.00000259. The van der Waals surface area contributed by atoms with Gasteiger partial charge in [0, 0.05) is 45.0 Å². The topological polar surface area (TPSA) is 55.8 Å². The molecule has 0 aliphatic carbocycles. The highest BCUT2D eigenvalue weighted by Crippen LogP contribution is 2.37. The minimum absolute atomic E-state index is 0. The first-order valence-corrected chi connectivity index (χ1v) is 11.6. The third kappa shape index (κ3) is 4.88. The van der Waals surface area contributed by atoms with Crippen molar-refractivity contribution >= 4 is 29.1 Å². The Morgan fingerprint density at radius 2 is 1.82 bits per heavy atom. The lowest BCUT2D eigenvalue weighted by Crippen LogP contribution is -3.00. The van der Waals surface area contributed by atoms with E-state index >= 15 is 0 Å². The van der Waals surface area contributed by atoms with E-state index in [2.05, 4.69) is 0 Å². The van der Waals surface area contributed by atoms with Crippen LogP contribution in [0.5, 0.6) is 0 Å². The zero-order valence-electron chi connectivity index (χ0n) is 17.4. The van der Waals surface area contributed by atoms with Crippen molar-refractivity contribution in [3.8, 4) is 16.9 Å². The van der Waals surface area contributed by atoms with Crippen molar-refractivity contribution in [3.05, 3.63) is 106 Å². The highest BCUT2D eigenvalue weighted by atomic mass is 35.5. The number of hydrogen-bond donors (Lipinski definition) is 0. The molecule has 1 aliphatic rings. The lowest BCUT2D eigenvalue weighted by molar-refractivity contribution is -0.683. The summed E-state index contributed by atoms with van der Waals surface area (Å²) in [7, 11) is 0. The number of hydrogen-bond acceptors (Lipinski definition) is 4. The quantitative estimate of drug-likeness (QED) is 0.317. The van der Waals surface area contributed by atoms with Gasteiger partial charge >= 0.3 is 0 Å². The number of pyridine rings is 1. The van der Waals surface area contributed by atoms with Crippen molar-refractivity contribution in [1.82, 2.24) is 9.78 Å². The van der Waals surface area contributed by atoms with Crippen molar-refractivity contribution < 1.29 is 21.8 Å². The van der Waals surface area contributed by atoms with Crippen LogP contribution in [-0.2, 0) is 13.0 Å². The summed E-state index contributed by atoms with van der Waals surface area (Å²) in [6.45, 7) is 0.261. The Hall–Kier alpha value is -2.93. The van der Waals surface area contributed by atoms with Crippen LogP contribution >= 0.6 is 23.4 Å². The number of Topliss-reactive ketones (excluding diaryl/α,β-unsaturated/α-hetero) is 1. The van der Waals surface area contributed by atoms with Gasteiger partial charge in [-0.1, -0.05) is 17.7 Å². The smallest absolute Gasteiger partial charge is 0.271 e. The van der Waals surface area contributed by atoms with E-state index in [4.69, 9.17) is 16.7 Å². The molecule has 2 aromatic heterocycles. The second-order valence-electron chi connectivity index (χ2n) is 7.53. The maximum Gasteiger partial charge on any atom is 0.271 e. The predicted octanol–water partition coefficient (Wildman–Crippen LogP) is 1.38. The average Bonchev–Trinajstić information content (AvgIpc) is 2.98. The van der Waals surface area contributed by atoms with Gasteiger partial charge in [-0.2, -0.15) is 14.3 Å². The summed E-state index contributed by atoms with van der Waals surface area (Å²) in [5.41, 5.74) is 3.60. The third-order valence-corrected chi connectivity index (χ3v) is 6.70. The van der Waals surface area contributed by atoms with Crippen LogP contribution in [-0.4, -0.2) is 21.3 Å². The predicted molar refractivity (Wildman–Crippen MR) is 126 cm³/mol. The molecule has 0 atom stereocenters. The van der Waals surface area contributed by atoms with Gasteiger partial charge < -0.3 is 12.4 Å². The first kappa shape index (κ1) is 23.2. The summed E-state index contributed by atoms with van der Waals surface area (Å²) in [5.74, 6) is 0.866. The lowest BCUT2D eigenvalue weighted by atomic mass is 10.0. The van der Waals surface area contributed by atoms with Gasteiger partial charge in [0.05, 0.1) is 11.4 Å². The number of carbonyl (C=O) groups is 1. The molecule has 0 saturated carbocycles. The lowest BCUT2D eigenvalue weighted by Gasteiger charge is -2.12. The molecule has 0 unspecified atom stereocenters. The van der Waals surface area contributed by atoms with E-state index < -0.39 is 0 Å². The van der Waals surface area contributed by atoms with Crippen LogP contribution in [0, 0.1) is 0 Å². The first-order chi connectivity index (χ1) is 15.6. The Labute approximate surface area is 206 Å². The normalized spacial score (nSPS) is 12.2. The summed E-state index contributed by atoms with van der Waals surface area (Å²) in [4.78, 5) is 26.8. The van der Waals surface area contributed by atoms with Gasteiger partial charge in [-0.3, -0.25) is 9.59 Å². The average molecular weight is 496 g/mol. The number of nitrogens with zero attached hydrogens (tertiary/aromatic N) is 3. The number of fused-ring (bicyclic) bond motifs is 3. The summed E-state index contributed by atoms with van der Waals surface area (Å²) < 4.78 is 3.25. The number of rotatable bonds is 4. The zero-order chi connectivity index (χ0) is 22.1. The molecule has 33 heavy (non-hydrogen) atoms. The van der Waals surface area contributed by atoms with Gasteiger partial charge in [0.25, 0.3) is 5.56 Å². The minimum atomic E-state index is -0.188. The van der Waals surface area contributed by atoms with Gasteiger partial charge in [-0.05, 0) is 54.4 Å². The van der Waals surface area contributed by atoms with Crippen LogP contribution in [0.1, 0.15) is 15.9 Å². The molecule has 4 aromatic rings. The fraction of sp³-hybridized carbons (Fsp3) is 0.120. The molecule has 5 rings (SSSR count). The van der Waals surface area contributed by atoms with Gasteiger partial charge in [-0.25, -0.2) is 0 Å². The Morgan fingerprint density at radius 1 is 1.06 bits per heavy atom. The number of halogens is 2. The minimum Gasteiger partial charge on any atom is -1.00 e. The Kier molecular flexibility index (Phi) is 6.98. The molecule has 8 heteroatoms. The maximum absolute atomic E-state index is 13.0. The molecule has 0 saturated heterocycles. The largest absolute Gasteiger partial charge is 1.00 e. The summed E-state index contributed by atoms with van der Waals surface area (Å²) >= 11 is 7.72. The van der Waals surface area contributed by atoms with Gasteiger partial charge in [0.2, 0.25) is 12.3 Å². The van der Waals surface area contributed by atoms with E-state index in [1.807, 2.05) is 53.4 Å². The van der Waals surface area contributed by atoms with Gasteiger partial charge in [-0.15, -0.1) is 11.8 Å². The monoisotopic (exact) mass is 495 g/mol. The van der Waals surface area contributed by atoms with Crippen molar-refractivity contribution in [2.24, 2.45) is 0 Å². The van der Waals surface area contributed by atoms with Crippen LogP contribution in [0.15, 0.2) is 88.8 Å². The second-order valence-corrected chi connectivity index (χ2v) is 9.10. The SMILES string of the molecule is O=C(C[n+]1ccccc1)c1ccc2c(c1)-c1nn(-c3ccc(Cl)cc3)c(=O)cc1CCS2.[Cl-]. The van der Waals surface area contributed by atoms with Crippen molar-refractivity contribution in [2.75, 3.05) is 5.75 Å². The second kappa shape index (κ2) is 9.91. The van der Waals surface area contributed by atoms with Gasteiger partial charge in [0.1, 0.15) is 0 Å². The fourth-order valence-electron chi connectivity index (χ4n) is 3.76. The molecule has 0 N–H and O–H groups in total. The number of benzene rings is 2. The number of aromatic nitrogens is 3. The highest BCUT2D eigenvalue weighted by molar-refractivity contribution is 7.99. The molecule has 0 bridgehead atoms. The van der Waals surface area contributed by atoms with Crippen molar-refractivity contribution in [2.45, 2.75) is 17.9 Å². The van der Waals surface area contributed by atoms with Crippen molar-refractivity contribution in [1.29, 1.82) is 0 Å². The number of thioether (sulfide) groups is 1. The fourth-order valence-corrected chi connectivity index (χ4v) is 4.90. The molecule has 166 valence electrons. The molecule has 0 radical (unpaired) electrons. The highest BCUT2D eigenvalue weighted by Gasteiger charge is 2.21. The maximum atomic E-state index is 13.0. The van der Waals surface area contributed by atoms with E-state index in [0.717, 1.165) is 33.9 Å². The van der Waals surface area contributed by atoms with E-state index in [1.54, 1.807) is 42.1 Å². The molecule has 3 heterocycles. The van der Waals surface area contributed by atoms with Crippen LogP contribution in [0.25, 0.3) is 16.9 Å². The van der Waals surface area contributed by atoms with Crippen molar-refractivity contribution in [3.63, 3.8) is 0 Å². The molecular weight excluding hydrogens is 477 g/mol. The van der Waals surface area contributed by atoms with E-state index in [0.29, 0.717) is 16.3 Å². The third-order valence-electron chi connectivity index (χ3n) is 5.37. The number of aryl methyl sites for hydroxylation is 1. The Morgan fingerprint density at radius 3 is 2.58 bits per heavy atom. The zero-order valence-corrected chi connectivity index (χ0v) is 19.8. The van der Waals surface area contributed by atoms with Crippen LogP contribution in [0.4, 0.5) is 0 Å². The first-order valence-electron chi connectivity index (χ1n) is 10.2. The van der Waals surface area contributed by atoms with E-state index in [1.165, 1.54) is 4.68 Å². The van der Waals surface area contributed by atoms with E-state index in [9.17, 15) is 9.59 Å². The number of carbonyl (C=O) groups excluding carboxylic acids is 1. The van der Waals surface area contributed by atoms with Gasteiger partial charge in [0.15, 0.2) is 12.4 Å². The van der Waals surface area contributed by atoms with Crippen LogP contribution in [0.2, 0.25) is 5.02 Å². The summed E-state index contributed by atoms with van der Waals surface area (Å²) in [6.07, 6.45) is 4.49. The van der Waals surface area contributed by atoms with E-state index in [-0.39, 0.29) is 30.3 Å². The molecule has 0 spiro atoms. The van der Waals surface area contributed by atoms with Crippen LogP contribution in [0.3, 0.4) is 0 Å². The summed E-state index contributed by atoms with van der Waals surface area (Å²) in [5, 5.41) is 5.32. The molecule has 5 nitrogen and oxygen atoms in total. The molecular formula is C25H19Cl2N3O2S. The Bertz CT molecular complexity index is 1370. The molecule has 1 aliphatic heterocycles. The van der Waals surface area contributed by atoms with Crippen LogP contribution < -0.4 is 22.5 Å². The molecule has 0 fully saturated rings. The standard InChI is InChI=1S/C25H19ClN3O2S.ClH/c26-19-5-7-20(8-6-19)29-24(31)15-18-10-13-32-23-9-4-17(14-21(23)25(18)27-29)22(30)16-28-11-2-1-3-12-28;/h1-9,11-12,14-15H,10,13,16H2;1H/q+1;/p-1. The number of ketones is 1. The molecule has 0 amide bonds. The molecule has 2 aromatic carbocycles.